The number of aliphatic imine (C=N–C) groups is 1. The van der Waals surface area contributed by atoms with Crippen molar-refractivity contribution in [2.45, 2.75) is 13.1 Å². The molecule has 2 aromatic rings. The molecule has 0 amide bonds. The van der Waals surface area contributed by atoms with Gasteiger partial charge >= 0.3 is 31.7 Å². The van der Waals surface area contributed by atoms with Crippen molar-refractivity contribution in [3.05, 3.63) is 72.5 Å². The van der Waals surface area contributed by atoms with Crippen LogP contribution in [0.15, 0.2) is 41.4 Å². The maximum absolute atomic E-state index is 11.9. The van der Waals surface area contributed by atoms with Crippen LogP contribution in [0.4, 0.5) is 0 Å². The van der Waals surface area contributed by atoms with Crippen molar-refractivity contribution in [1.29, 1.82) is 0 Å². The predicted octanol–water partition coefficient (Wildman–Crippen LogP) is 3.28. The van der Waals surface area contributed by atoms with Gasteiger partial charge in [0.1, 0.15) is 11.4 Å². The third kappa shape index (κ3) is 19.4. The van der Waals surface area contributed by atoms with Crippen molar-refractivity contribution >= 4 is 41.1 Å². The van der Waals surface area contributed by atoms with Gasteiger partial charge in [0.05, 0.1) is 70.3 Å². The zero-order chi connectivity index (χ0) is 33.2. The first kappa shape index (κ1) is 42.8. The number of ether oxygens (including phenoxy) is 5. The second-order valence-electron chi connectivity index (χ2n) is 9.70. The molecule has 0 fully saturated rings. The van der Waals surface area contributed by atoms with E-state index in [1.54, 1.807) is 36.0 Å². The Labute approximate surface area is 301 Å². The van der Waals surface area contributed by atoms with Crippen molar-refractivity contribution in [3.63, 3.8) is 0 Å². The van der Waals surface area contributed by atoms with E-state index in [2.05, 4.69) is 55.5 Å². The summed E-state index contributed by atoms with van der Waals surface area (Å²) in [6, 6.07) is 10.6. The molecule has 0 spiro atoms. The first-order chi connectivity index (χ1) is 22.5. The summed E-state index contributed by atoms with van der Waals surface area (Å²) in [5.74, 6) is 0.854. The van der Waals surface area contributed by atoms with E-state index < -0.39 is 11.9 Å². The van der Waals surface area contributed by atoms with Crippen molar-refractivity contribution in [1.82, 2.24) is 19.8 Å². The van der Waals surface area contributed by atoms with Crippen LogP contribution in [0, 0.1) is 13.3 Å². The largest absolute Gasteiger partial charge is 2.00 e. The van der Waals surface area contributed by atoms with Gasteiger partial charge in [0.25, 0.3) is 0 Å². The topological polar surface area (TPSA) is 125 Å². The molecule has 15 heteroatoms. The summed E-state index contributed by atoms with van der Waals surface area (Å²) in [7, 11) is 2.68. The van der Waals surface area contributed by atoms with Crippen LogP contribution >= 0.6 is 24.0 Å². The number of hydrogen-bond donors (Lipinski definition) is 0. The fourth-order valence-corrected chi connectivity index (χ4v) is 4.75. The van der Waals surface area contributed by atoms with E-state index in [9.17, 15) is 9.59 Å². The number of aromatic nitrogens is 2. The van der Waals surface area contributed by atoms with Crippen LogP contribution in [0.2, 0.25) is 0 Å². The van der Waals surface area contributed by atoms with Gasteiger partial charge in [0.2, 0.25) is 0 Å². The first-order valence-electron chi connectivity index (χ1n) is 15.0. The smallest absolute Gasteiger partial charge is 0.464 e. The first-order valence-corrected chi connectivity index (χ1v) is 16.6. The molecule has 2 aromatic heterocycles. The third-order valence-corrected chi connectivity index (χ3v) is 7.47. The van der Waals surface area contributed by atoms with Gasteiger partial charge < -0.3 is 35.5 Å². The summed E-state index contributed by atoms with van der Waals surface area (Å²) in [6.07, 6.45) is 2.09. The van der Waals surface area contributed by atoms with Gasteiger partial charge in [-0.2, -0.15) is 11.8 Å². The fraction of sp³-hybridized carbons (Fsp3) is 0.531. The normalized spacial score (nSPS) is 10.8. The summed E-state index contributed by atoms with van der Waals surface area (Å²) in [6.45, 7) is 11.3. The van der Waals surface area contributed by atoms with Gasteiger partial charge in [-0.15, -0.1) is 12.3 Å². The number of isothiocyanates is 1. The summed E-state index contributed by atoms with van der Waals surface area (Å²) in [5.41, 5.74) is 2.08. The summed E-state index contributed by atoms with van der Waals surface area (Å²) in [5, 5.41) is 2.37. The van der Waals surface area contributed by atoms with E-state index in [4.69, 9.17) is 23.7 Å². The van der Waals surface area contributed by atoms with Gasteiger partial charge in [-0.25, -0.2) is 24.5 Å². The Balaban J connectivity index is 0.0000110. The minimum atomic E-state index is -0.467. The van der Waals surface area contributed by atoms with E-state index in [1.807, 2.05) is 12.1 Å². The number of rotatable bonds is 26. The minimum Gasteiger partial charge on any atom is -0.464 e. The molecule has 0 bridgehead atoms. The molecule has 0 aromatic carbocycles. The molecule has 0 saturated carbocycles. The maximum Gasteiger partial charge on any atom is 2.00 e. The summed E-state index contributed by atoms with van der Waals surface area (Å²) < 4.78 is 27.0. The summed E-state index contributed by atoms with van der Waals surface area (Å²) >= 11 is 6.34. The Morgan fingerprint density at radius 3 is 1.94 bits per heavy atom. The molecule has 0 saturated heterocycles. The standard InChI is InChI=1S/C32H45N5O7S2.Os/c1-4-36(24-27-8-5-10-29(34-27)31(38)40-2)13-17-43-20-21-44-19-15-37(14-18-42-16-7-22-46-23-12-33-26-45)25-28-9-6-11-30(35-28)32(39)41-3;/h5-11H,1,4,12-25H2,2-3H3;/q-2;+2. The number of thiocarbonyl (C=S) groups is 1. The van der Waals surface area contributed by atoms with E-state index in [0.29, 0.717) is 85.5 Å². The molecule has 0 aliphatic rings. The molecule has 12 nitrogen and oxygen atoms in total. The third-order valence-electron chi connectivity index (χ3n) is 6.40. The molecule has 2 heterocycles. The van der Waals surface area contributed by atoms with Crippen LogP contribution in [-0.2, 0) is 56.6 Å². The molecule has 0 N–H and O–H groups in total. The van der Waals surface area contributed by atoms with Gasteiger partial charge in [-0.3, -0.25) is 11.3 Å². The van der Waals surface area contributed by atoms with Crippen LogP contribution in [0.1, 0.15) is 32.4 Å². The Morgan fingerprint density at radius 1 is 0.872 bits per heavy atom. The van der Waals surface area contributed by atoms with E-state index in [1.165, 1.54) is 14.2 Å². The number of carbonyl (C=O) groups excluding carboxylic acids is 2. The van der Waals surface area contributed by atoms with Crippen molar-refractivity contribution in [3.8, 4) is 0 Å². The summed E-state index contributed by atoms with van der Waals surface area (Å²) in [4.78, 5) is 40.7. The molecule has 47 heavy (non-hydrogen) atoms. The molecule has 2 rings (SSSR count). The number of methoxy groups -OCH3 is 2. The molecule has 0 unspecified atom stereocenters. The van der Waals surface area contributed by atoms with Crippen LogP contribution in [-0.4, -0.2) is 135 Å². The quantitative estimate of drug-likeness (QED) is 0.0453. The number of pyridine rings is 2. The average Bonchev–Trinajstić information content (AvgIpc) is 3.08. The van der Waals surface area contributed by atoms with Crippen molar-refractivity contribution in [2.24, 2.45) is 4.99 Å². The van der Waals surface area contributed by atoms with Crippen molar-refractivity contribution in [2.75, 3.05) is 98.1 Å². The fourth-order valence-electron chi connectivity index (χ4n) is 4.01. The Kier molecular flexibility index (Phi) is 25.3. The number of nitrogens with zero attached hydrogens (tertiary/aromatic N) is 5. The zero-order valence-corrected chi connectivity index (χ0v) is 31.3. The monoisotopic (exact) mass is 867 g/mol. The maximum atomic E-state index is 11.9. The molecule has 260 valence electrons. The molecule has 0 radical (unpaired) electrons. The van der Waals surface area contributed by atoms with Gasteiger partial charge in [0.15, 0.2) is 0 Å². The second-order valence-corrected chi connectivity index (χ2v) is 11.0. The van der Waals surface area contributed by atoms with Crippen LogP contribution in [0.25, 0.3) is 0 Å². The number of thioether (sulfide) groups is 1. The van der Waals surface area contributed by atoms with Crippen LogP contribution in [0.5, 0.6) is 0 Å². The molecular formula is C32H45N5O7OsS2. The second kappa shape index (κ2) is 27.7. The van der Waals surface area contributed by atoms with Gasteiger partial charge in [0, 0.05) is 38.5 Å². The Morgan fingerprint density at radius 2 is 1.40 bits per heavy atom. The van der Waals surface area contributed by atoms with Crippen LogP contribution < -0.4 is 0 Å². The minimum absolute atomic E-state index is 0. The Hall–Kier alpha value is -2.17. The van der Waals surface area contributed by atoms with E-state index >= 15 is 0 Å². The SMILES string of the molecule is [CH2-]CN(CCOCCOCCN(CCOC[CH-]CSCCN=C=S)Cc1cccc(C(=O)OC)n1)Cc1cccc(C(=O)OC)n1.[Os+2]. The number of esters is 2. The van der Waals surface area contributed by atoms with Crippen LogP contribution in [0.3, 0.4) is 0 Å². The number of carbonyl (C=O) groups is 2. The predicted molar refractivity (Wildman–Crippen MR) is 181 cm³/mol. The van der Waals surface area contributed by atoms with E-state index in [0.717, 1.165) is 22.9 Å². The molecule has 0 aliphatic carbocycles. The van der Waals surface area contributed by atoms with Gasteiger partial charge in [-0.05, 0) is 36.5 Å². The molecule has 0 atom stereocenters. The van der Waals surface area contributed by atoms with E-state index in [-0.39, 0.29) is 31.2 Å². The molecular weight excluding hydrogens is 821 g/mol. The molecule has 0 aliphatic heterocycles. The Bertz CT molecular complexity index is 1210. The zero-order valence-electron chi connectivity index (χ0n) is 27.1. The average molecular weight is 866 g/mol. The van der Waals surface area contributed by atoms with Gasteiger partial charge in [-0.1, -0.05) is 18.7 Å². The van der Waals surface area contributed by atoms with Crippen molar-refractivity contribution < 1.29 is 53.1 Å². The number of hydrogen-bond acceptors (Lipinski definition) is 14.